The topological polar surface area (TPSA) is 69.0 Å². The van der Waals surface area contributed by atoms with Crippen molar-refractivity contribution in [2.75, 3.05) is 26.7 Å². The van der Waals surface area contributed by atoms with Gasteiger partial charge in [0.1, 0.15) is 21.5 Å². The zero-order chi connectivity index (χ0) is 29.4. The summed E-state index contributed by atoms with van der Waals surface area (Å²) in [5.41, 5.74) is 5.81. The standard InChI is InChI=1S/C34H35FN4O2S/c1-21-6-4-5-7-28(21)36-22(2)31(27-20-26(35)12-13-30(27)40)39-19-16-29-32(34(39)41)42-33(37-29)25-10-8-23(9-11-25)24-14-17-38(3)18-15-24/h4-13,20,24,31,40H,14-19H2,1-3H3/b36-22+. The highest BCUT2D eigenvalue weighted by atomic mass is 32.1. The Balaban J connectivity index is 1.31. The number of carbonyl (C=O) groups excluding carboxylic acids is 1. The van der Waals surface area contributed by atoms with Crippen molar-refractivity contribution < 1.29 is 14.3 Å². The fourth-order valence-electron chi connectivity index (χ4n) is 6.06. The first-order valence-electron chi connectivity index (χ1n) is 14.5. The van der Waals surface area contributed by atoms with Gasteiger partial charge in [0.25, 0.3) is 5.91 Å². The van der Waals surface area contributed by atoms with Gasteiger partial charge in [-0.1, -0.05) is 42.5 Å². The predicted octanol–water partition coefficient (Wildman–Crippen LogP) is 7.30. The molecule has 0 radical (unpaired) electrons. The van der Waals surface area contributed by atoms with Gasteiger partial charge in [-0.25, -0.2) is 9.37 Å². The van der Waals surface area contributed by atoms with Crippen molar-refractivity contribution in [2.24, 2.45) is 4.99 Å². The molecule has 216 valence electrons. The molecule has 1 atom stereocenters. The Morgan fingerprint density at radius 2 is 1.81 bits per heavy atom. The number of nitrogens with zero attached hydrogens (tertiary/aromatic N) is 4. The van der Waals surface area contributed by atoms with Crippen LogP contribution in [0.25, 0.3) is 10.6 Å². The van der Waals surface area contributed by atoms with E-state index in [9.17, 15) is 14.3 Å². The van der Waals surface area contributed by atoms with Crippen LogP contribution in [0.4, 0.5) is 10.1 Å². The molecular formula is C34H35FN4O2S. The summed E-state index contributed by atoms with van der Waals surface area (Å²) in [6, 6.07) is 19.5. The number of hydrogen-bond acceptors (Lipinski definition) is 6. The average molecular weight is 583 g/mol. The fraction of sp³-hybridized carbons (Fsp3) is 0.324. The van der Waals surface area contributed by atoms with Gasteiger partial charge in [0, 0.05) is 29.8 Å². The van der Waals surface area contributed by atoms with Gasteiger partial charge < -0.3 is 14.9 Å². The second-order valence-electron chi connectivity index (χ2n) is 11.4. The van der Waals surface area contributed by atoms with Gasteiger partial charge in [0.05, 0.1) is 17.4 Å². The number of thiazole rings is 1. The van der Waals surface area contributed by atoms with Crippen LogP contribution in [-0.2, 0) is 6.42 Å². The van der Waals surface area contributed by atoms with Crippen LogP contribution in [-0.4, -0.2) is 58.2 Å². The van der Waals surface area contributed by atoms with E-state index in [0.29, 0.717) is 35.0 Å². The van der Waals surface area contributed by atoms with Crippen molar-refractivity contribution in [3.63, 3.8) is 0 Å². The Labute approximate surface area is 250 Å². The zero-order valence-electron chi connectivity index (χ0n) is 24.2. The predicted molar refractivity (Wildman–Crippen MR) is 167 cm³/mol. The van der Waals surface area contributed by atoms with Crippen LogP contribution < -0.4 is 0 Å². The second-order valence-corrected chi connectivity index (χ2v) is 12.4. The third-order valence-corrected chi connectivity index (χ3v) is 9.63. The number of aliphatic imine (C=N–C) groups is 1. The molecule has 3 heterocycles. The maximum Gasteiger partial charge on any atom is 0.266 e. The first-order valence-corrected chi connectivity index (χ1v) is 15.3. The summed E-state index contributed by atoms with van der Waals surface area (Å²) in [7, 11) is 2.17. The Kier molecular flexibility index (Phi) is 7.92. The van der Waals surface area contributed by atoms with Crippen LogP contribution in [0.2, 0.25) is 0 Å². The minimum atomic E-state index is -0.736. The van der Waals surface area contributed by atoms with E-state index in [1.165, 1.54) is 47.9 Å². The number of phenols is 1. The number of aromatic nitrogens is 1. The molecule has 4 aromatic rings. The molecule has 42 heavy (non-hydrogen) atoms. The molecule has 1 N–H and O–H groups in total. The lowest BCUT2D eigenvalue weighted by Crippen LogP contribution is -2.42. The van der Waals surface area contributed by atoms with Gasteiger partial charge in [-0.2, -0.15) is 0 Å². The van der Waals surface area contributed by atoms with E-state index in [2.05, 4.69) is 36.2 Å². The molecule has 1 aromatic heterocycles. The SMILES string of the molecule is C/C(=N\c1ccccc1C)C(c1cc(F)ccc1O)N1CCc2nc(-c3ccc(C4CCN(C)CC4)cc3)sc2C1=O. The number of carbonyl (C=O) groups is 1. The summed E-state index contributed by atoms with van der Waals surface area (Å²) in [4.78, 5) is 28.4. The van der Waals surface area contributed by atoms with E-state index < -0.39 is 11.9 Å². The van der Waals surface area contributed by atoms with Gasteiger partial charge in [-0.15, -0.1) is 11.3 Å². The van der Waals surface area contributed by atoms with Crippen LogP contribution in [0.3, 0.4) is 0 Å². The summed E-state index contributed by atoms with van der Waals surface area (Å²) in [6.07, 6.45) is 2.90. The van der Waals surface area contributed by atoms with Crippen LogP contribution in [0.5, 0.6) is 5.75 Å². The van der Waals surface area contributed by atoms with Crippen LogP contribution in [0, 0.1) is 12.7 Å². The van der Waals surface area contributed by atoms with Gasteiger partial charge in [0.15, 0.2) is 0 Å². The normalized spacial score (nSPS) is 17.4. The fourth-order valence-corrected chi connectivity index (χ4v) is 7.13. The van der Waals surface area contributed by atoms with Gasteiger partial charge in [-0.05, 0) is 88.1 Å². The zero-order valence-corrected chi connectivity index (χ0v) is 25.0. The van der Waals surface area contributed by atoms with E-state index in [4.69, 9.17) is 9.98 Å². The molecule has 2 aliphatic rings. The summed E-state index contributed by atoms with van der Waals surface area (Å²) >= 11 is 1.39. The molecule has 2 aliphatic heterocycles. The molecular weight excluding hydrogens is 547 g/mol. The number of aryl methyl sites for hydroxylation is 1. The van der Waals surface area contributed by atoms with Crippen LogP contribution in [0.15, 0.2) is 71.7 Å². The number of rotatable bonds is 6. The molecule has 1 saturated heterocycles. The van der Waals surface area contributed by atoms with Crippen molar-refractivity contribution in [2.45, 2.75) is 45.1 Å². The van der Waals surface area contributed by atoms with Crippen molar-refractivity contribution in [1.82, 2.24) is 14.8 Å². The first kappa shape index (κ1) is 28.2. The Morgan fingerprint density at radius 1 is 1.07 bits per heavy atom. The number of piperidine rings is 1. The Hall–Kier alpha value is -3.88. The number of para-hydroxylation sites is 1. The number of amides is 1. The quantitative estimate of drug-likeness (QED) is 0.242. The summed E-state index contributed by atoms with van der Waals surface area (Å²) in [6.45, 7) is 6.42. The molecule has 1 unspecified atom stereocenters. The molecule has 0 aliphatic carbocycles. The number of hydrogen-bond donors (Lipinski definition) is 1. The molecule has 0 spiro atoms. The highest BCUT2D eigenvalue weighted by molar-refractivity contribution is 7.17. The number of fused-ring (bicyclic) bond motifs is 1. The molecule has 1 amide bonds. The number of phenolic OH excluding ortho intramolecular Hbond substituents is 1. The highest BCUT2D eigenvalue weighted by Gasteiger charge is 2.36. The summed E-state index contributed by atoms with van der Waals surface area (Å²) < 4.78 is 14.5. The third kappa shape index (κ3) is 5.61. The van der Waals surface area contributed by atoms with Gasteiger partial charge in [0.2, 0.25) is 0 Å². The number of likely N-dealkylation sites (tertiary alicyclic amines) is 1. The molecule has 6 nitrogen and oxygen atoms in total. The molecule has 0 bridgehead atoms. The maximum atomic E-state index is 14.5. The molecule has 8 heteroatoms. The smallest absolute Gasteiger partial charge is 0.266 e. The summed E-state index contributed by atoms with van der Waals surface area (Å²) in [5, 5.41) is 11.6. The number of halogens is 1. The lowest BCUT2D eigenvalue weighted by Gasteiger charge is -2.34. The molecule has 0 saturated carbocycles. The van der Waals surface area contributed by atoms with Crippen molar-refractivity contribution in [3.05, 3.63) is 99.8 Å². The van der Waals surface area contributed by atoms with E-state index in [0.717, 1.165) is 40.6 Å². The number of aromatic hydroxyl groups is 1. The monoisotopic (exact) mass is 582 g/mol. The minimum absolute atomic E-state index is 0.0750. The second kappa shape index (κ2) is 11.8. The molecule has 1 fully saturated rings. The first-order chi connectivity index (χ1) is 20.3. The van der Waals surface area contributed by atoms with E-state index in [1.54, 1.807) is 4.90 Å². The van der Waals surface area contributed by atoms with E-state index in [1.807, 2.05) is 38.1 Å². The molecule has 6 rings (SSSR count). The molecule has 3 aromatic carbocycles. The van der Waals surface area contributed by atoms with Crippen LogP contribution in [0.1, 0.15) is 63.8 Å². The van der Waals surface area contributed by atoms with Gasteiger partial charge >= 0.3 is 0 Å². The van der Waals surface area contributed by atoms with Crippen molar-refractivity contribution in [3.8, 4) is 16.3 Å². The average Bonchev–Trinajstić information content (AvgIpc) is 3.43. The summed E-state index contributed by atoms with van der Waals surface area (Å²) in [5.74, 6) is -0.161. The lowest BCUT2D eigenvalue weighted by atomic mass is 9.89. The lowest BCUT2D eigenvalue weighted by molar-refractivity contribution is 0.0709. The Morgan fingerprint density at radius 3 is 2.55 bits per heavy atom. The van der Waals surface area contributed by atoms with E-state index in [-0.39, 0.29) is 11.7 Å². The maximum absolute atomic E-state index is 14.5. The van der Waals surface area contributed by atoms with Crippen LogP contribution >= 0.6 is 11.3 Å². The largest absolute Gasteiger partial charge is 0.508 e. The van der Waals surface area contributed by atoms with Gasteiger partial charge in [-0.3, -0.25) is 9.79 Å². The van der Waals surface area contributed by atoms with Crippen molar-refractivity contribution >= 4 is 28.6 Å². The van der Waals surface area contributed by atoms with Crippen molar-refractivity contribution in [1.29, 1.82) is 0 Å². The third-order valence-electron chi connectivity index (χ3n) is 8.49. The number of benzene rings is 3. The Bertz CT molecular complexity index is 1640. The minimum Gasteiger partial charge on any atom is -0.508 e. The highest BCUT2D eigenvalue weighted by Crippen LogP contribution is 2.39. The van der Waals surface area contributed by atoms with E-state index >= 15 is 0 Å².